The molecule has 2 atom stereocenters. The predicted molar refractivity (Wildman–Crippen MR) is 82.7 cm³/mol. The molecule has 0 aliphatic carbocycles. The smallest absolute Gasteiger partial charge is 0.143 e. The lowest BCUT2D eigenvalue weighted by Gasteiger charge is -2.48. The van der Waals surface area contributed by atoms with Crippen LogP contribution >= 0.6 is 0 Å². The molecule has 0 radical (unpaired) electrons. The van der Waals surface area contributed by atoms with E-state index in [1.807, 2.05) is 0 Å². The predicted octanol–water partition coefficient (Wildman–Crippen LogP) is 1.11. The van der Waals surface area contributed by atoms with Crippen LogP contribution in [-0.2, 0) is 0 Å². The van der Waals surface area contributed by atoms with Crippen molar-refractivity contribution in [2.75, 3.05) is 37.8 Å². The summed E-state index contributed by atoms with van der Waals surface area (Å²) in [6, 6.07) is 4.18. The maximum atomic E-state index is 7.44. The average molecular weight is 288 g/mol. The molecule has 0 spiro atoms. The summed E-state index contributed by atoms with van der Waals surface area (Å²) >= 11 is 0. The monoisotopic (exact) mass is 288 g/mol. The molecule has 110 valence electrons. The first-order valence-electron chi connectivity index (χ1n) is 8.54. The molecule has 0 bridgehead atoms. The van der Waals surface area contributed by atoms with Crippen LogP contribution in [-0.4, -0.2) is 54.1 Å². The molecule has 6 nitrogen and oxygen atoms in total. The van der Waals surface area contributed by atoms with Crippen molar-refractivity contribution in [3.63, 3.8) is 0 Å². The molecule has 2 aliphatic rings. The van der Waals surface area contributed by atoms with Crippen molar-refractivity contribution in [3.8, 4) is 5.75 Å². The number of likely N-dealkylation sites (tertiary alicyclic amines) is 1. The average Bonchev–Trinajstić information content (AvgIpc) is 2.74. The van der Waals surface area contributed by atoms with Gasteiger partial charge in [-0.2, -0.15) is 0 Å². The van der Waals surface area contributed by atoms with E-state index in [-0.39, 0.29) is 0 Å². The first-order valence-corrected chi connectivity index (χ1v) is 7.04. The Kier molecular flexibility index (Phi) is 2.08. The van der Waals surface area contributed by atoms with Gasteiger partial charge in [0.2, 0.25) is 0 Å². The quantitative estimate of drug-likeness (QED) is 0.893. The molecule has 1 aromatic carbocycles. The van der Waals surface area contributed by atoms with E-state index in [9.17, 15) is 0 Å². The molecule has 0 amide bonds. The first-order chi connectivity index (χ1) is 11.3. The number of ether oxygens (including phenoxy) is 1. The Bertz CT molecular complexity index is 797. The van der Waals surface area contributed by atoms with Gasteiger partial charge in [0, 0.05) is 25.2 Å². The van der Waals surface area contributed by atoms with Gasteiger partial charge in [0.1, 0.15) is 17.9 Å². The molecule has 1 aromatic heterocycles. The van der Waals surface area contributed by atoms with E-state index in [4.69, 9.17) is 14.6 Å². The Hall–Kier alpha value is -2.08. The third-order valence-electron chi connectivity index (χ3n) is 4.74. The standard InChI is InChI=1S/C15H19N5O/c1-19-6-5-10-11(19)7-20(10)14-12(21-2)4-3-9-13(14)15(16)18-8-17-9/h3-4,8,10-11H,5-7H2,1-2H3,(H2,16,17,18)/t10-,11-/m1/s1/i2D3. The van der Waals surface area contributed by atoms with Crippen LogP contribution in [0.2, 0.25) is 0 Å². The Labute approximate surface area is 127 Å². The molecule has 0 unspecified atom stereocenters. The molecule has 21 heavy (non-hydrogen) atoms. The Balaban J connectivity index is 1.86. The van der Waals surface area contributed by atoms with E-state index in [0.717, 1.165) is 19.5 Å². The minimum atomic E-state index is -2.52. The van der Waals surface area contributed by atoms with E-state index in [1.54, 1.807) is 12.1 Å². The van der Waals surface area contributed by atoms with Gasteiger partial charge in [-0.15, -0.1) is 0 Å². The normalized spacial score (nSPS) is 27.7. The van der Waals surface area contributed by atoms with E-state index >= 15 is 0 Å². The SMILES string of the molecule is [2H]C([2H])([2H])Oc1ccc2ncnc(N)c2c1N1C[C@@H]2[C@H]1CCN2C. The maximum Gasteiger partial charge on any atom is 0.143 e. The molecule has 3 heterocycles. The third-order valence-corrected chi connectivity index (χ3v) is 4.74. The van der Waals surface area contributed by atoms with Gasteiger partial charge in [-0.1, -0.05) is 0 Å². The molecule has 2 saturated heterocycles. The van der Waals surface area contributed by atoms with Crippen LogP contribution in [0.1, 0.15) is 10.5 Å². The maximum absolute atomic E-state index is 7.44. The first kappa shape index (κ1) is 9.78. The lowest BCUT2D eigenvalue weighted by atomic mass is 9.94. The molecular weight excluding hydrogens is 266 g/mol. The minimum Gasteiger partial charge on any atom is -0.495 e. The van der Waals surface area contributed by atoms with Crippen molar-refractivity contribution in [1.82, 2.24) is 14.9 Å². The van der Waals surface area contributed by atoms with Gasteiger partial charge in [-0.25, -0.2) is 9.97 Å². The van der Waals surface area contributed by atoms with E-state index in [2.05, 4.69) is 26.8 Å². The number of benzene rings is 1. The summed E-state index contributed by atoms with van der Waals surface area (Å²) < 4.78 is 27.6. The zero-order chi connectivity index (χ0) is 17.1. The second kappa shape index (κ2) is 4.46. The number of anilines is 2. The minimum absolute atomic E-state index is 0.303. The molecule has 2 aromatic rings. The summed E-state index contributed by atoms with van der Waals surface area (Å²) in [6.45, 7) is 1.84. The largest absolute Gasteiger partial charge is 0.495 e. The fourth-order valence-corrected chi connectivity index (χ4v) is 3.58. The number of hydrogen-bond donors (Lipinski definition) is 1. The molecule has 2 fully saturated rings. The van der Waals surface area contributed by atoms with Crippen molar-refractivity contribution in [3.05, 3.63) is 18.5 Å². The van der Waals surface area contributed by atoms with Crippen LogP contribution in [0.4, 0.5) is 11.5 Å². The molecule has 2 aliphatic heterocycles. The topological polar surface area (TPSA) is 67.5 Å². The highest BCUT2D eigenvalue weighted by Crippen LogP contribution is 2.44. The second-order valence-electron chi connectivity index (χ2n) is 5.72. The zero-order valence-corrected chi connectivity index (χ0v) is 11.8. The van der Waals surface area contributed by atoms with Crippen LogP contribution in [0.3, 0.4) is 0 Å². The summed E-state index contributed by atoms with van der Waals surface area (Å²) in [4.78, 5) is 12.8. The second-order valence-corrected chi connectivity index (χ2v) is 5.72. The van der Waals surface area contributed by atoms with Crippen LogP contribution < -0.4 is 15.4 Å². The van der Waals surface area contributed by atoms with Gasteiger partial charge in [0.05, 0.1) is 27.7 Å². The summed E-state index contributed by atoms with van der Waals surface area (Å²) in [5.74, 6) is 0.637. The van der Waals surface area contributed by atoms with Crippen LogP contribution in [0.5, 0.6) is 5.75 Å². The van der Waals surface area contributed by atoms with Crippen LogP contribution in [0.15, 0.2) is 18.5 Å². The van der Waals surface area contributed by atoms with Gasteiger partial charge in [-0.3, -0.25) is 4.90 Å². The number of rotatable bonds is 2. The van der Waals surface area contributed by atoms with Crippen molar-refractivity contribution < 1.29 is 8.85 Å². The van der Waals surface area contributed by atoms with Crippen molar-refractivity contribution in [2.24, 2.45) is 0 Å². The number of fused-ring (bicyclic) bond motifs is 2. The molecular formula is C15H19N5O. The third kappa shape index (κ3) is 1.68. The van der Waals surface area contributed by atoms with Crippen LogP contribution in [0.25, 0.3) is 10.9 Å². The Morgan fingerprint density at radius 2 is 2.29 bits per heavy atom. The number of likely N-dealkylation sites (N-methyl/N-ethyl adjacent to an activating group) is 1. The fraction of sp³-hybridized carbons (Fsp3) is 0.467. The summed E-state index contributed by atoms with van der Waals surface area (Å²) in [6.07, 6.45) is 2.44. The molecule has 0 saturated carbocycles. The number of nitrogen functional groups attached to an aromatic ring is 1. The summed E-state index contributed by atoms with van der Waals surface area (Å²) in [7, 11) is -0.411. The molecule has 2 N–H and O–H groups in total. The number of methoxy groups -OCH3 is 1. The van der Waals surface area contributed by atoms with Crippen LogP contribution in [0, 0.1) is 0 Å². The number of aromatic nitrogens is 2. The van der Waals surface area contributed by atoms with Gasteiger partial charge in [0.15, 0.2) is 0 Å². The van der Waals surface area contributed by atoms with E-state index < -0.39 is 7.04 Å². The number of hydrogen-bond acceptors (Lipinski definition) is 6. The summed E-state index contributed by atoms with van der Waals surface area (Å²) in [5.41, 5.74) is 7.46. The highest BCUT2D eigenvalue weighted by atomic mass is 16.5. The zero-order valence-electron chi connectivity index (χ0n) is 14.8. The van der Waals surface area contributed by atoms with Gasteiger partial charge < -0.3 is 15.4 Å². The van der Waals surface area contributed by atoms with Gasteiger partial charge >= 0.3 is 0 Å². The fourth-order valence-electron chi connectivity index (χ4n) is 3.58. The van der Waals surface area contributed by atoms with Gasteiger partial charge in [0.25, 0.3) is 0 Å². The van der Waals surface area contributed by atoms with Gasteiger partial charge in [-0.05, 0) is 25.6 Å². The molecule has 6 heteroatoms. The lowest BCUT2D eigenvalue weighted by Crippen LogP contribution is -2.61. The van der Waals surface area contributed by atoms with Crippen molar-refractivity contribution >= 4 is 22.4 Å². The Morgan fingerprint density at radius 3 is 3.10 bits per heavy atom. The Morgan fingerprint density at radius 1 is 1.38 bits per heavy atom. The van der Waals surface area contributed by atoms with E-state index in [1.165, 1.54) is 6.33 Å². The molecule has 4 rings (SSSR count). The van der Waals surface area contributed by atoms with Crippen molar-refractivity contribution in [1.29, 1.82) is 0 Å². The lowest BCUT2D eigenvalue weighted by molar-refractivity contribution is 0.241. The van der Waals surface area contributed by atoms with Crippen molar-refractivity contribution in [2.45, 2.75) is 18.5 Å². The highest BCUT2D eigenvalue weighted by Gasteiger charge is 2.46. The highest BCUT2D eigenvalue weighted by molar-refractivity contribution is 6.02. The summed E-state index contributed by atoms with van der Waals surface area (Å²) in [5, 5.41) is 0.659. The number of nitrogens with two attached hydrogens (primary N) is 1. The van der Waals surface area contributed by atoms with E-state index in [0.29, 0.717) is 40.2 Å². The number of nitrogens with zero attached hydrogens (tertiary/aromatic N) is 4.